The van der Waals surface area contributed by atoms with E-state index in [0.29, 0.717) is 0 Å². The van der Waals surface area contributed by atoms with E-state index in [9.17, 15) is 0 Å². The zero-order valence-electron chi connectivity index (χ0n) is 12.1. The highest BCUT2D eigenvalue weighted by atomic mass is 35.5. The molecule has 0 atom stereocenters. The summed E-state index contributed by atoms with van der Waals surface area (Å²) in [5, 5.41) is 4.06. The molecule has 0 aromatic heterocycles. The number of nitrogens with one attached hydrogen (secondary N) is 1. The van der Waals surface area contributed by atoms with E-state index < -0.39 is 0 Å². The monoisotopic (exact) mass is 269 g/mol. The molecule has 0 aliphatic heterocycles. The van der Waals surface area contributed by atoms with E-state index in [0.717, 1.165) is 41.3 Å². The van der Waals surface area contributed by atoms with Crippen molar-refractivity contribution in [1.82, 2.24) is 5.32 Å². The molecule has 0 spiro atoms. The van der Waals surface area contributed by atoms with Crippen molar-refractivity contribution < 1.29 is 4.74 Å². The maximum absolute atomic E-state index is 6.39. The molecular weight excluding hydrogens is 246 g/mol. The number of methoxy groups -OCH3 is 1. The lowest BCUT2D eigenvalue weighted by Crippen LogP contribution is -2.08. The lowest BCUT2D eigenvalue weighted by molar-refractivity contribution is 0.404. The van der Waals surface area contributed by atoms with Crippen molar-refractivity contribution in [2.45, 2.75) is 40.0 Å². The standard InChI is InChI=1S/C15H24ClNO/c1-10-11(2)15(18-5)13(12(3)14(10)16)8-6-7-9-17-4/h17H,6-9H2,1-5H3. The Hall–Kier alpha value is -0.730. The van der Waals surface area contributed by atoms with Gasteiger partial charge in [-0.3, -0.25) is 0 Å². The van der Waals surface area contributed by atoms with Crippen LogP contribution >= 0.6 is 11.6 Å². The van der Waals surface area contributed by atoms with Crippen LogP contribution in [0.25, 0.3) is 0 Å². The molecule has 18 heavy (non-hydrogen) atoms. The Labute approximate surface area is 116 Å². The van der Waals surface area contributed by atoms with Gasteiger partial charge in [-0.25, -0.2) is 0 Å². The molecule has 2 nitrogen and oxygen atoms in total. The summed E-state index contributed by atoms with van der Waals surface area (Å²) >= 11 is 6.39. The Morgan fingerprint density at radius 1 is 1.06 bits per heavy atom. The maximum atomic E-state index is 6.39. The summed E-state index contributed by atoms with van der Waals surface area (Å²) < 4.78 is 5.58. The van der Waals surface area contributed by atoms with Gasteiger partial charge in [0.15, 0.2) is 0 Å². The summed E-state index contributed by atoms with van der Waals surface area (Å²) in [5.74, 6) is 1.01. The summed E-state index contributed by atoms with van der Waals surface area (Å²) in [7, 11) is 3.73. The third-order valence-electron chi connectivity index (χ3n) is 3.60. The van der Waals surface area contributed by atoms with Gasteiger partial charge in [0.1, 0.15) is 5.75 Å². The van der Waals surface area contributed by atoms with Crippen molar-refractivity contribution in [1.29, 1.82) is 0 Å². The fourth-order valence-corrected chi connectivity index (χ4v) is 2.58. The molecule has 102 valence electrons. The number of hydrogen-bond acceptors (Lipinski definition) is 2. The van der Waals surface area contributed by atoms with Crippen molar-refractivity contribution in [3.63, 3.8) is 0 Å². The van der Waals surface area contributed by atoms with Gasteiger partial charge in [-0.1, -0.05) is 11.6 Å². The predicted molar refractivity (Wildman–Crippen MR) is 79.1 cm³/mol. The van der Waals surface area contributed by atoms with Gasteiger partial charge in [-0.05, 0) is 75.9 Å². The molecule has 0 amide bonds. The number of rotatable bonds is 6. The van der Waals surface area contributed by atoms with Crippen molar-refractivity contribution in [2.24, 2.45) is 0 Å². The summed E-state index contributed by atoms with van der Waals surface area (Å²) in [4.78, 5) is 0. The minimum atomic E-state index is 0.886. The SMILES string of the molecule is CNCCCCc1c(C)c(Cl)c(C)c(C)c1OC. The van der Waals surface area contributed by atoms with Crippen molar-refractivity contribution >= 4 is 11.6 Å². The minimum absolute atomic E-state index is 0.886. The number of hydrogen-bond donors (Lipinski definition) is 1. The Balaban J connectivity index is 3.01. The number of ether oxygens (including phenoxy) is 1. The molecule has 1 aromatic carbocycles. The van der Waals surface area contributed by atoms with E-state index in [1.165, 1.54) is 17.5 Å². The minimum Gasteiger partial charge on any atom is -0.496 e. The van der Waals surface area contributed by atoms with Gasteiger partial charge < -0.3 is 10.1 Å². The average molecular weight is 270 g/mol. The first-order chi connectivity index (χ1) is 8.54. The Kier molecular flexibility index (Phi) is 5.97. The van der Waals surface area contributed by atoms with Crippen LogP contribution in [0.15, 0.2) is 0 Å². The lowest BCUT2D eigenvalue weighted by atomic mass is 9.95. The summed E-state index contributed by atoms with van der Waals surface area (Å²) in [5.41, 5.74) is 4.73. The Bertz CT molecular complexity index is 416. The van der Waals surface area contributed by atoms with Crippen molar-refractivity contribution in [2.75, 3.05) is 20.7 Å². The van der Waals surface area contributed by atoms with Gasteiger partial charge in [0.2, 0.25) is 0 Å². The highest BCUT2D eigenvalue weighted by Gasteiger charge is 2.16. The van der Waals surface area contributed by atoms with Crippen LogP contribution in [0, 0.1) is 20.8 Å². The highest BCUT2D eigenvalue weighted by molar-refractivity contribution is 6.32. The number of unbranched alkanes of at least 4 members (excludes halogenated alkanes) is 1. The first kappa shape index (κ1) is 15.3. The van der Waals surface area contributed by atoms with Crippen molar-refractivity contribution in [3.05, 3.63) is 27.3 Å². The highest BCUT2D eigenvalue weighted by Crippen LogP contribution is 2.36. The van der Waals surface area contributed by atoms with Gasteiger partial charge in [0, 0.05) is 5.02 Å². The Morgan fingerprint density at radius 3 is 2.28 bits per heavy atom. The van der Waals surface area contributed by atoms with Gasteiger partial charge in [-0.15, -0.1) is 0 Å². The topological polar surface area (TPSA) is 21.3 Å². The number of benzene rings is 1. The summed E-state index contributed by atoms with van der Waals surface area (Å²) in [6, 6.07) is 0. The lowest BCUT2D eigenvalue weighted by Gasteiger charge is -2.18. The van der Waals surface area contributed by atoms with Crippen LogP contribution in [0.2, 0.25) is 5.02 Å². The van der Waals surface area contributed by atoms with Crippen LogP contribution in [-0.4, -0.2) is 20.7 Å². The van der Waals surface area contributed by atoms with E-state index in [2.05, 4.69) is 26.1 Å². The normalized spacial score (nSPS) is 10.8. The second-order valence-corrected chi connectivity index (χ2v) is 5.14. The van der Waals surface area contributed by atoms with E-state index in [1.54, 1.807) is 7.11 Å². The smallest absolute Gasteiger partial charge is 0.125 e. The molecule has 0 aliphatic carbocycles. The molecular formula is C15H24ClNO. The molecule has 3 heteroatoms. The van der Waals surface area contributed by atoms with Crippen molar-refractivity contribution in [3.8, 4) is 5.75 Å². The molecule has 0 radical (unpaired) electrons. The fourth-order valence-electron chi connectivity index (χ4n) is 2.33. The van der Waals surface area contributed by atoms with Gasteiger partial charge in [-0.2, -0.15) is 0 Å². The van der Waals surface area contributed by atoms with Gasteiger partial charge in [0.05, 0.1) is 7.11 Å². The molecule has 0 aliphatic rings. The van der Waals surface area contributed by atoms with Crippen LogP contribution < -0.4 is 10.1 Å². The molecule has 0 saturated heterocycles. The van der Waals surface area contributed by atoms with Crippen LogP contribution in [0.5, 0.6) is 5.75 Å². The second kappa shape index (κ2) is 7.01. The second-order valence-electron chi connectivity index (χ2n) is 4.76. The zero-order valence-corrected chi connectivity index (χ0v) is 12.9. The predicted octanol–water partition coefficient (Wildman–Crippen LogP) is 3.82. The van der Waals surface area contributed by atoms with E-state index in [4.69, 9.17) is 16.3 Å². The van der Waals surface area contributed by atoms with E-state index in [-0.39, 0.29) is 0 Å². The van der Waals surface area contributed by atoms with Gasteiger partial charge >= 0.3 is 0 Å². The molecule has 0 bridgehead atoms. The first-order valence-corrected chi connectivity index (χ1v) is 6.89. The third kappa shape index (κ3) is 3.18. The van der Waals surface area contributed by atoms with Crippen LogP contribution in [-0.2, 0) is 6.42 Å². The molecule has 0 saturated carbocycles. The van der Waals surface area contributed by atoms with Crippen LogP contribution in [0.3, 0.4) is 0 Å². The van der Waals surface area contributed by atoms with Crippen LogP contribution in [0.4, 0.5) is 0 Å². The molecule has 0 unspecified atom stereocenters. The molecule has 1 aromatic rings. The molecule has 1 rings (SSSR count). The first-order valence-electron chi connectivity index (χ1n) is 6.51. The summed E-state index contributed by atoms with van der Waals surface area (Å²) in [6.07, 6.45) is 3.35. The average Bonchev–Trinajstić information content (AvgIpc) is 2.38. The molecule has 0 heterocycles. The van der Waals surface area contributed by atoms with Crippen LogP contribution in [0.1, 0.15) is 35.1 Å². The fraction of sp³-hybridized carbons (Fsp3) is 0.600. The van der Waals surface area contributed by atoms with Gasteiger partial charge in [0.25, 0.3) is 0 Å². The zero-order chi connectivity index (χ0) is 13.7. The van der Waals surface area contributed by atoms with E-state index >= 15 is 0 Å². The van der Waals surface area contributed by atoms with E-state index in [1.807, 2.05) is 7.05 Å². The quantitative estimate of drug-likeness (QED) is 0.793. The Morgan fingerprint density at radius 2 is 1.72 bits per heavy atom. The largest absolute Gasteiger partial charge is 0.496 e. The summed E-state index contributed by atoms with van der Waals surface area (Å²) in [6.45, 7) is 7.28. The maximum Gasteiger partial charge on any atom is 0.125 e. The molecule has 1 N–H and O–H groups in total. The number of halogens is 1. The third-order valence-corrected chi connectivity index (χ3v) is 4.16. The molecule has 0 fully saturated rings.